The number of hydrogen-bond donors (Lipinski definition) is 1. The zero-order chi connectivity index (χ0) is 15.5. The van der Waals surface area contributed by atoms with Gasteiger partial charge in [-0.15, -0.1) is 0 Å². The normalized spacial score (nSPS) is 12.4. The third kappa shape index (κ3) is 6.93. The van der Waals surface area contributed by atoms with Crippen LogP contribution in [0.15, 0.2) is 18.2 Å². The van der Waals surface area contributed by atoms with Crippen molar-refractivity contribution in [2.24, 2.45) is 0 Å². The van der Waals surface area contributed by atoms with Gasteiger partial charge in [0.25, 0.3) is 0 Å². The van der Waals surface area contributed by atoms with Gasteiger partial charge in [-0.2, -0.15) is 0 Å². The van der Waals surface area contributed by atoms with Crippen molar-refractivity contribution in [3.63, 3.8) is 0 Å². The predicted octanol–water partition coefficient (Wildman–Crippen LogP) is 3.10. The Balaban J connectivity index is 2.23. The zero-order valence-corrected chi connectivity index (χ0v) is 13.8. The molecule has 0 aromatic heterocycles. The molecule has 0 saturated carbocycles. The Morgan fingerprint density at radius 1 is 1.10 bits per heavy atom. The Morgan fingerprint density at radius 2 is 1.90 bits per heavy atom. The molecule has 0 heterocycles. The maximum Gasteiger partial charge on any atom is 0.123 e. The van der Waals surface area contributed by atoms with Crippen LogP contribution >= 0.6 is 0 Å². The highest BCUT2D eigenvalue weighted by Gasteiger charge is 2.10. The number of aryl methyl sites for hydroxylation is 1. The summed E-state index contributed by atoms with van der Waals surface area (Å²) >= 11 is 0. The number of ether oxygens (including phenoxy) is 3. The lowest BCUT2D eigenvalue weighted by Crippen LogP contribution is -2.20. The van der Waals surface area contributed by atoms with E-state index in [1.807, 2.05) is 0 Å². The number of hydrogen-bond acceptors (Lipinski definition) is 4. The molecule has 0 radical (unpaired) electrons. The quantitative estimate of drug-likeness (QED) is 0.637. The summed E-state index contributed by atoms with van der Waals surface area (Å²) in [6.45, 7) is 7.37. The van der Waals surface area contributed by atoms with E-state index in [0.717, 1.165) is 31.7 Å². The van der Waals surface area contributed by atoms with Crippen LogP contribution in [0.2, 0.25) is 0 Å². The Morgan fingerprint density at radius 3 is 2.62 bits per heavy atom. The average Bonchev–Trinajstić information content (AvgIpc) is 2.49. The molecular weight excluding hydrogens is 266 g/mol. The fraction of sp³-hybridized carbons (Fsp3) is 0.647. The Kier molecular flexibility index (Phi) is 9.06. The molecule has 21 heavy (non-hydrogen) atoms. The van der Waals surface area contributed by atoms with Crippen molar-refractivity contribution >= 4 is 0 Å². The molecule has 0 aliphatic rings. The van der Waals surface area contributed by atoms with Crippen LogP contribution in [0.1, 0.15) is 36.9 Å². The minimum absolute atomic E-state index is 0.287. The second kappa shape index (κ2) is 10.6. The smallest absolute Gasteiger partial charge is 0.123 e. The fourth-order valence-corrected chi connectivity index (χ4v) is 2.18. The van der Waals surface area contributed by atoms with E-state index in [9.17, 15) is 0 Å². The number of rotatable bonds is 11. The van der Waals surface area contributed by atoms with Gasteiger partial charge in [0.2, 0.25) is 0 Å². The second-order valence-electron chi connectivity index (χ2n) is 5.23. The van der Waals surface area contributed by atoms with Crippen molar-refractivity contribution in [1.29, 1.82) is 0 Å². The third-order valence-corrected chi connectivity index (χ3v) is 3.45. The van der Waals surface area contributed by atoms with Crippen molar-refractivity contribution in [3.05, 3.63) is 29.3 Å². The molecule has 120 valence electrons. The van der Waals surface area contributed by atoms with E-state index < -0.39 is 0 Å². The van der Waals surface area contributed by atoms with E-state index in [0.29, 0.717) is 13.2 Å². The molecule has 0 amide bonds. The van der Waals surface area contributed by atoms with Crippen molar-refractivity contribution < 1.29 is 14.2 Å². The van der Waals surface area contributed by atoms with Crippen LogP contribution in [0, 0.1) is 6.92 Å². The van der Waals surface area contributed by atoms with Crippen LogP contribution in [0.5, 0.6) is 5.75 Å². The maximum absolute atomic E-state index is 5.46. The Bertz CT molecular complexity index is 396. The van der Waals surface area contributed by atoms with Gasteiger partial charge in [0.1, 0.15) is 5.75 Å². The zero-order valence-electron chi connectivity index (χ0n) is 13.8. The number of nitrogens with one attached hydrogen (secondary N) is 1. The summed E-state index contributed by atoms with van der Waals surface area (Å²) in [4.78, 5) is 0. The van der Waals surface area contributed by atoms with Gasteiger partial charge in [-0.1, -0.05) is 12.1 Å². The highest BCUT2D eigenvalue weighted by Crippen LogP contribution is 2.25. The first kappa shape index (κ1) is 18.0. The van der Waals surface area contributed by atoms with E-state index in [1.165, 1.54) is 11.1 Å². The first-order valence-corrected chi connectivity index (χ1v) is 7.63. The standard InChI is InChI=1S/C17H29NO3/c1-14-7-8-16(17(13-14)20-4)15(2)18-9-5-6-10-21-12-11-19-3/h7-8,13,15,18H,5-6,9-12H2,1-4H3. The molecule has 1 atom stereocenters. The molecule has 1 unspecified atom stereocenters. The molecule has 1 rings (SSSR count). The molecule has 1 N–H and O–H groups in total. The van der Waals surface area contributed by atoms with Gasteiger partial charge < -0.3 is 19.5 Å². The van der Waals surface area contributed by atoms with Gasteiger partial charge >= 0.3 is 0 Å². The van der Waals surface area contributed by atoms with Crippen LogP contribution in [0.25, 0.3) is 0 Å². The van der Waals surface area contributed by atoms with Gasteiger partial charge in [0.05, 0.1) is 20.3 Å². The van der Waals surface area contributed by atoms with Crippen molar-refractivity contribution in [2.45, 2.75) is 32.7 Å². The summed E-state index contributed by atoms with van der Waals surface area (Å²) < 4.78 is 15.8. The summed E-state index contributed by atoms with van der Waals surface area (Å²) in [5.41, 5.74) is 2.43. The van der Waals surface area contributed by atoms with Crippen LogP contribution < -0.4 is 10.1 Å². The van der Waals surface area contributed by atoms with Gasteiger partial charge in [-0.05, 0) is 44.9 Å². The monoisotopic (exact) mass is 295 g/mol. The number of methoxy groups -OCH3 is 2. The van der Waals surface area contributed by atoms with Crippen molar-refractivity contribution in [3.8, 4) is 5.75 Å². The molecular formula is C17H29NO3. The first-order valence-electron chi connectivity index (χ1n) is 7.63. The molecule has 0 saturated heterocycles. The largest absolute Gasteiger partial charge is 0.496 e. The lowest BCUT2D eigenvalue weighted by Gasteiger charge is -2.17. The van der Waals surface area contributed by atoms with E-state index in [-0.39, 0.29) is 6.04 Å². The minimum Gasteiger partial charge on any atom is -0.496 e. The molecule has 0 spiro atoms. The highest BCUT2D eigenvalue weighted by atomic mass is 16.5. The SMILES string of the molecule is COCCOCCCCNC(C)c1ccc(C)cc1OC. The van der Waals surface area contributed by atoms with Gasteiger partial charge in [-0.3, -0.25) is 0 Å². The summed E-state index contributed by atoms with van der Waals surface area (Å²) in [5, 5.41) is 3.53. The molecule has 0 bridgehead atoms. The van der Waals surface area contributed by atoms with Crippen molar-refractivity contribution in [1.82, 2.24) is 5.32 Å². The molecule has 0 aliphatic carbocycles. The van der Waals surface area contributed by atoms with Gasteiger partial charge in [0, 0.05) is 25.3 Å². The first-order chi connectivity index (χ1) is 10.2. The van der Waals surface area contributed by atoms with Crippen LogP contribution in [0.3, 0.4) is 0 Å². The maximum atomic E-state index is 5.46. The number of unbranched alkanes of at least 4 members (excludes halogenated alkanes) is 1. The third-order valence-electron chi connectivity index (χ3n) is 3.45. The summed E-state index contributed by atoms with van der Waals surface area (Å²) in [6, 6.07) is 6.63. The predicted molar refractivity (Wildman–Crippen MR) is 86.1 cm³/mol. The van der Waals surface area contributed by atoms with E-state index >= 15 is 0 Å². The average molecular weight is 295 g/mol. The molecule has 1 aromatic rings. The van der Waals surface area contributed by atoms with Gasteiger partial charge in [0.15, 0.2) is 0 Å². The molecule has 0 fully saturated rings. The van der Waals surface area contributed by atoms with E-state index in [4.69, 9.17) is 14.2 Å². The summed E-state index contributed by atoms with van der Waals surface area (Å²) in [5.74, 6) is 0.956. The second-order valence-corrected chi connectivity index (χ2v) is 5.23. The van der Waals surface area contributed by atoms with Crippen LogP contribution in [0.4, 0.5) is 0 Å². The fourth-order valence-electron chi connectivity index (χ4n) is 2.18. The molecule has 0 aliphatic heterocycles. The Hall–Kier alpha value is -1.10. The van der Waals surface area contributed by atoms with E-state index in [1.54, 1.807) is 14.2 Å². The minimum atomic E-state index is 0.287. The number of benzene rings is 1. The van der Waals surface area contributed by atoms with Crippen molar-refractivity contribution in [2.75, 3.05) is 40.6 Å². The Labute approximate surface area is 128 Å². The molecule has 4 heteroatoms. The summed E-state index contributed by atoms with van der Waals surface area (Å²) in [7, 11) is 3.41. The highest BCUT2D eigenvalue weighted by molar-refractivity contribution is 5.38. The lowest BCUT2D eigenvalue weighted by molar-refractivity contribution is 0.0687. The summed E-state index contributed by atoms with van der Waals surface area (Å²) in [6.07, 6.45) is 2.17. The molecule has 4 nitrogen and oxygen atoms in total. The van der Waals surface area contributed by atoms with Crippen LogP contribution in [-0.4, -0.2) is 40.6 Å². The molecule has 1 aromatic carbocycles. The topological polar surface area (TPSA) is 39.7 Å². The van der Waals surface area contributed by atoms with Gasteiger partial charge in [-0.25, -0.2) is 0 Å². The van der Waals surface area contributed by atoms with Crippen LogP contribution in [-0.2, 0) is 9.47 Å². The van der Waals surface area contributed by atoms with E-state index in [2.05, 4.69) is 37.4 Å². The lowest BCUT2D eigenvalue weighted by atomic mass is 10.0.